The van der Waals surface area contributed by atoms with Crippen molar-refractivity contribution in [1.82, 2.24) is 0 Å². The van der Waals surface area contributed by atoms with Gasteiger partial charge in [-0.05, 0) is 0 Å². The first-order valence-electron chi connectivity index (χ1n) is 18.2. The van der Waals surface area contributed by atoms with Crippen LogP contribution in [0.2, 0.25) is 38.0 Å². The summed E-state index contributed by atoms with van der Waals surface area (Å²) in [5.74, 6) is 14.0. The zero-order chi connectivity index (χ0) is 36.6. The van der Waals surface area contributed by atoms with Crippen LogP contribution >= 0.6 is 0 Å². The molecule has 4 heteroatoms. The Bertz CT molecular complexity index is 1240. The number of rotatable bonds is 8. The van der Waals surface area contributed by atoms with Crippen LogP contribution in [0.3, 0.4) is 0 Å². The Hall–Kier alpha value is -1.15. The van der Waals surface area contributed by atoms with Gasteiger partial charge in [0.25, 0.3) is 0 Å². The van der Waals surface area contributed by atoms with E-state index in [-0.39, 0.29) is 0 Å². The van der Waals surface area contributed by atoms with Crippen molar-refractivity contribution in [1.29, 1.82) is 0 Å². The Morgan fingerprint density at radius 2 is 0.438 bits per heavy atom. The molecule has 48 heavy (non-hydrogen) atoms. The van der Waals surface area contributed by atoms with Crippen LogP contribution in [-0.2, 0) is 0 Å². The van der Waals surface area contributed by atoms with E-state index in [4.69, 9.17) is 0 Å². The molecular weight excluding hydrogens is 819 g/mol. The Morgan fingerprint density at radius 3 is 0.562 bits per heavy atom. The maximum absolute atomic E-state index is 3.67. The van der Waals surface area contributed by atoms with Gasteiger partial charge in [0.05, 0.1) is 0 Å². The van der Waals surface area contributed by atoms with E-state index >= 15 is 0 Å². The van der Waals surface area contributed by atoms with E-state index in [2.05, 4.69) is 202 Å². The Balaban J connectivity index is 0.000000480. The molecule has 0 nitrogen and oxygen atoms in total. The van der Waals surface area contributed by atoms with Crippen LogP contribution in [0.1, 0.15) is 133 Å². The average molecular weight is 883 g/mol. The molecule has 0 N–H and O–H groups in total. The fourth-order valence-electron chi connectivity index (χ4n) is 5.78. The van der Waals surface area contributed by atoms with E-state index in [1.54, 1.807) is 0 Å². The first-order chi connectivity index (χ1) is 22.5. The van der Waals surface area contributed by atoms with Gasteiger partial charge in [-0.25, -0.2) is 0 Å². The van der Waals surface area contributed by atoms with Gasteiger partial charge < -0.3 is 0 Å². The summed E-state index contributed by atoms with van der Waals surface area (Å²) in [5.41, 5.74) is 4.51. The van der Waals surface area contributed by atoms with Crippen LogP contribution < -0.4 is 0 Å². The minimum absolute atomic E-state index is 0.746. The van der Waals surface area contributed by atoms with Crippen molar-refractivity contribution in [3.05, 3.63) is 70.8 Å². The van der Waals surface area contributed by atoms with Crippen molar-refractivity contribution in [3.8, 4) is 42.7 Å². The number of hydrogen-bond acceptors (Lipinski definition) is 0. The van der Waals surface area contributed by atoms with Gasteiger partial charge in [0.15, 0.2) is 0 Å². The molecule has 2 rings (SSSR count). The first kappa shape index (κ1) is 44.9. The fourth-order valence-corrected chi connectivity index (χ4v) is 24.2. The van der Waals surface area contributed by atoms with Crippen LogP contribution in [-0.4, -0.2) is 57.4 Å². The Labute approximate surface area is 317 Å². The Kier molecular flexibility index (Phi) is 21.8. The second kappa shape index (κ2) is 23.3. The van der Waals surface area contributed by atoms with E-state index in [9.17, 15) is 0 Å². The van der Waals surface area contributed by atoms with Gasteiger partial charge >= 0.3 is 320 Å². The molecule has 0 fully saturated rings. The van der Waals surface area contributed by atoms with Crippen LogP contribution in [0.4, 0.5) is 0 Å². The second-order valence-corrected chi connectivity index (χ2v) is 44.3. The minimum atomic E-state index is -1.34. The molecule has 0 saturated heterocycles. The molecule has 0 aliphatic rings. The molecule has 0 saturated carbocycles. The fraction of sp³-hybridized carbons (Fsp3) is 0.545. The summed E-state index contributed by atoms with van der Waals surface area (Å²) >= 11 is -5.35. The van der Waals surface area contributed by atoms with E-state index in [0.717, 1.165) is 60.3 Å². The average Bonchev–Trinajstić information content (AvgIpc) is 2.97. The van der Waals surface area contributed by atoms with E-state index in [0.29, 0.717) is 0 Å². The van der Waals surface area contributed by atoms with E-state index in [1.165, 1.54) is 0 Å². The van der Waals surface area contributed by atoms with Gasteiger partial charge in [0.1, 0.15) is 0 Å². The van der Waals surface area contributed by atoms with Crippen molar-refractivity contribution in [2.45, 2.75) is 149 Å². The first-order valence-corrected chi connectivity index (χ1v) is 32.1. The summed E-state index contributed by atoms with van der Waals surface area (Å²) in [4.78, 5) is 0. The quantitative estimate of drug-likeness (QED) is 0.183. The van der Waals surface area contributed by atoms with Gasteiger partial charge in [-0.15, -0.1) is 0 Å². The molecule has 0 bridgehead atoms. The summed E-state index contributed by atoms with van der Waals surface area (Å²) in [5, 5.41) is 0. The molecule has 0 atom stereocenters. The van der Waals surface area contributed by atoms with Crippen molar-refractivity contribution in [3.63, 3.8) is 0 Å². The molecule has 2 aromatic carbocycles. The van der Waals surface area contributed by atoms with E-state index < -0.39 is 57.4 Å². The maximum atomic E-state index is 3.67. The molecule has 0 aromatic heterocycles. The predicted molar refractivity (Wildman–Crippen MR) is 224 cm³/mol. The van der Waals surface area contributed by atoms with Gasteiger partial charge in [-0.2, -0.15) is 0 Å². The molecular formula is C44H64Ge4. The molecule has 4 radical (unpaired) electrons. The van der Waals surface area contributed by atoms with Crippen molar-refractivity contribution >= 4 is 57.4 Å². The SMILES string of the molecule is C[CH](C)[Ge]([C]#Cc1ccccc1C#[C][Ge]([CH](C)C)[CH](C)C)[CH](C)C.C[CH](C)[Ge]([C]#Cc1ccccc1C#[C][Ge]([CH](C)C)[CH](C)C)[CH](C)C. The van der Waals surface area contributed by atoms with Gasteiger partial charge in [0.2, 0.25) is 0 Å². The molecule has 0 unspecified atom stereocenters. The number of hydrogen-bond donors (Lipinski definition) is 0. The third-order valence-corrected chi connectivity index (χ3v) is 32.5. The molecule has 0 aliphatic heterocycles. The summed E-state index contributed by atoms with van der Waals surface area (Å²) < 4.78 is 20.7. The summed E-state index contributed by atoms with van der Waals surface area (Å²) in [6.45, 7) is 37.3. The number of benzene rings is 2. The zero-order valence-electron chi connectivity index (χ0n) is 33.2. The predicted octanol–water partition coefficient (Wildman–Crippen LogP) is 12.2. The summed E-state index contributed by atoms with van der Waals surface area (Å²) in [7, 11) is 0. The third-order valence-electron chi connectivity index (χ3n) is 8.20. The molecule has 0 spiro atoms. The third kappa shape index (κ3) is 16.3. The molecule has 0 aliphatic carbocycles. The molecule has 2 aromatic rings. The van der Waals surface area contributed by atoms with Crippen molar-refractivity contribution in [2.24, 2.45) is 0 Å². The van der Waals surface area contributed by atoms with Crippen molar-refractivity contribution < 1.29 is 0 Å². The van der Waals surface area contributed by atoms with Crippen LogP contribution in [0, 0.1) is 42.7 Å². The molecule has 0 heterocycles. The monoisotopic (exact) mass is 888 g/mol. The molecule has 0 amide bonds. The zero-order valence-corrected chi connectivity index (χ0v) is 41.6. The van der Waals surface area contributed by atoms with Gasteiger partial charge in [0, 0.05) is 0 Å². The normalized spacial score (nSPS) is 11.2. The standard InChI is InChI=1S/2C22H32Ge2/c2*1-17(2)23(18(3)4)15-13-21-11-9-10-12-22(21)14-16-24(19(5)6)20(7)8/h2*9-12,17-20H,1-8H3. The second-order valence-electron chi connectivity index (χ2n) is 15.2. The van der Waals surface area contributed by atoms with Crippen LogP contribution in [0.5, 0.6) is 0 Å². The van der Waals surface area contributed by atoms with Crippen LogP contribution in [0.15, 0.2) is 48.5 Å². The Morgan fingerprint density at radius 1 is 0.292 bits per heavy atom. The van der Waals surface area contributed by atoms with E-state index in [1.807, 2.05) is 0 Å². The van der Waals surface area contributed by atoms with Gasteiger partial charge in [-0.1, -0.05) is 0 Å². The van der Waals surface area contributed by atoms with Crippen molar-refractivity contribution in [2.75, 3.05) is 0 Å². The molecule has 256 valence electrons. The summed E-state index contributed by atoms with van der Waals surface area (Å²) in [6.07, 6.45) is 0. The topological polar surface area (TPSA) is 0 Å². The van der Waals surface area contributed by atoms with Gasteiger partial charge in [-0.3, -0.25) is 0 Å². The van der Waals surface area contributed by atoms with Crippen LogP contribution in [0.25, 0.3) is 0 Å². The summed E-state index contributed by atoms with van der Waals surface area (Å²) in [6, 6.07) is 16.9.